The average Bonchev–Trinajstić information content (AvgIpc) is 2.50. The first kappa shape index (κ1) is 13.9. The molecule has 1 amide bonds. The van der Waals surface area contributed by atoms with E-state index in [9.17, 15) is 4.79 Å². The standard InChI is InChI=1S/C17H16N2OS/c1-12-7-5-6-10-14(12)18-17-19-16(20)11-15(21-17)13-8-3-2-4-9-13/h2-10,15H,11H2,1H3,(H,18,19,20)/t15-/m0/s1. The zero-order valence-electron chi connectivity index (χ0n) is 11.7. The van der Waals surface area contributed by atoms with Crippen molar-refractivity contribution in [3.05, 3.63) is 65.7 Å². The Bertz CT molecular complexity index is 682. The molecule has 0 saturated carbocycles. The molecule has 21 heavy (non-hydrogen) atoms. The van der Waals surface area contributed by atoms with Crippen LogP contribution in [0.4, 0.5) is 5.69 Å². The van der Waals surface area contributed by atoms with E-state index in [1.807, 2.05) is 49.4 Å². The van der Waals surface area contributed by atoms with Crippen molar-refractivity contribution < 1.29 is 4.79 Å². The molecule has 0 radical (unpaired) electrons. The van der Waals surface area contributed by atoms with Crippen molar-refractivity contribution in [3.63, 3.8) is 0 Å². The van der Waals surface area contributed by atoms with E-state index < -0.39 is 0 Å². The summed E-state index contributed by atoms with van der Waals surface area (Å²) in [5, 5.41) is 3.67. The molecule has 0 aliphatic carbocycles. The Morgan fingerprint density at radius 1 is 1.10 bits per heavy atom. The summed E-state index contributed by atoms with van der Waals surface area (Å²) in [7, 11) is 0. The first-order valence-electron chi connectivity index (χ1n) is 6.88. The number of carbonyl (C=O) groups excluding carboxylic acids is 1. The molecule has 1 N–H and O–H groups in total. The molecule has 3 nitrogen and oxygen atoms in total. The summed E-state index contributed by atoms with van der Waals surface area (Å²) in [5.41, 5.74) is 3.16. The smallest absolute Gasteiger partial charge is 0.227 e. The largest absolute Gasteiger partial charge is 0.305 e. The van der Waals surface area contributed by atoms with Crippen LogP contribution >= 0.6 is 11.8 Å². The van der Waals surface area contributed by atoms with Crippen LogP contribution in [0.1, 0.15) is 22.8 Å². The van der Waals surface area contributed by atoms with Gasteiger partial charge in [0.05, 0.1) is 5.69 Å². The zero-order valence-corrected chi connectivity index (χ0v) is 12.6. The second kappa shape index (κ2) is 6.14. The van der Waals surface area contributed by atoms with Gasteiger partial charge in [0, 0.05) is 11.7 Å². The number of carbonyl (C=O) groups is 1. The van der Waals surface area contributed by atoms with Gasteiger partial charge in [-0.1, -0.05) is 60.3 Å². The lowest BCUT2D eigenvalue weighted by Crippen LogP contribution is -2.34. The van der Waals surface area contributed by atoms with Crippen LogP contribution in [-0.4, -0.2) is 11.1 Å². The third kappa shape index (κ3) is 3.34. The van der Waals surface area contributed by atoms with Gasteiger partial charge in [-0.2, -0.15) is 0 Å². The third-order valence-corrected chi connectivity index (χ3v) is 4.52. The van der Waals surface area contributed by atoms with E-state index >= 15 is 0 Å². The van der Waals surface area contributed by atoms with E-state index in [1.165, 1.54) is 0 Å². The lowest BCUT2D eigenvalue weighted by atomic mass is 10.1. The van der Waals surface area contributed by atoms with Gasteiger partial charge in [-0.3, -0.25) is 4.79 Å². The molecule has 1 atom stereocenters. The third-order valence-electron chi connectivity index (χ3n) is 3.38. The van der Waals surface area contributed by atoms with Crippen LogP contribution in [0.2, 0.25) is 0 Å². The number of nitrogens with zero attached hydrogens (tertiary/aromatic N) is 1. The van der Waals surface area contributed by atoms with Gasteiger partial charge in [-0.15, -0.1) is 0 Å². The Balaban J connectivity index is 1.87. The molecule has 2 aromatic rings. The summed E-state index contributed by atoms with van der Waals surface area (Å²) in [4.78, 5) is 16.5. The predicted octanol–water partition coefficient (Wildman–Crippen LogP) is 3.98. The van der Waals surface area contributed by atoms with Gasteiger partial charge in [0.1, 0.15) is 0 Å². The topological polar surface area (TPSA) is 41.5 Å². The maximum absolute atomic E-state index is 11.9. The monoisotopic (exact) mass is 296 g/mol. The highest BCUT2D eigenvalue weighted by atomic mass is 32.2. The summed E-state index contributed by atoms with van der Waals surface area (Å²) in [5.74, 6) is 0.0231. The average molecular weight is 296 g/mol. The fraction of sp³-hybridized carbons (Fsp3) is 0.176. The first-order valence-corrected chi connectivity index (χ1v) is 7.76. The van der Waals surface area contributed by atoms with Crippen LogP contribution in [0.15, 0.2) is 59.6 Å². The highest BCUT2D eigenvalue weighted by Gasteiger charge is 2.25. The minimum atomic E-state index is 0.0231. The normalized spacial score (nSPS) is 20.3. The Morgan fingerprint density at radius 3 is 2.57 bits per heavy atom. The van der Waals surface area contributed by atoms with Gasteiger partial charge in [-0.25, -0.2) is 4.99 Å². The minimum absolute atomic E-state index is 0.0231. The second-order valence-corrected chi connectivity index (χ2v) is 6.16. The van der Waals surface area contributed by atoms with Crippen LogP contribution in [0.3, 0.4) is 0 Å². The Hall–Kier alpha value is -2.07. The molecule has 4 heteroatoms. The van der Waals surface area contributed by atoms with Crippen LogP contribution < -0.4 is 5.32 Å². The van der Waals surface area contributed by atoms with Crippen molar-refractivity contribution in [1.82, 2.24) is 5.32 Å². The van der Waals surface area contributed by atoms with E-state index in [4.69, 9.17) is 0 Å². The number of thioether (sulfide) groups is 1. The van der Waals surface area contributed by atoms with E-state index in [-0.39, 0.29) is 11.2 Å². The van der Waals surface area contributed by atoms with Crippen molar-refractivity contribution in [1.29, 1.82) is 0 Å². The molecule has 1 heterocycles. The maximum Gasteiger partial charge on any atom is 0.227 e. The Kier molecular flexibility index (Phi) is 4.06. The highest BCUT2D eigenvalue weighted by Crippen LogP contribution is 2.36. The fourth-order valence-corrected chi connectivity index (χ4v) is 3.37. The molecule has 0 aromatic heterocycles. The number of hydrogen-bond acceptors (Lipinski definition) is 3. The SMILES string of the molecule is Cc1ccccc1N=C1NC(=O)C[C@@H](c2ccccc2)S1. The van der Waals surface area contributed by atoms with Crippen molar-refractivity contribution in [3.8, 4) is 0 Å². The number of amidine groups is 1. The van der Waals surface area contributed by atoms with Crippen LogP contribution in [0.5, 0.6) is 0 Å². The second-order valence-electron chi connectivity index (χ2n) is 4.97. The van der Waals surface area contributed by atoms with Crippen molar-refractivity contribution >= 4 is 28.5 Å². The van der Waals surface area contributed by atoms with Gasteiger partial charge in [0.2, 0.25) is 5.91 Å². The number of benzene rings is 2. The lowest BCUT2D eigenvalue weighted by Gasteiger charge is -2.23. The minimum Gasteiger partial charge on any atom is -0.305 e. The van der Waals surface area contributed by atoms with Crippen LogP contribution in [-0.2, 0) is 4.79 Å². The molecule has 106 valence electrons. The van der Waals surface area contributed by atoms with Crippen molar-refractivity contribution in [2.24, 2.45) is 4.99 Å². The highest BCUT2D eigenvalue weighted by molar-refractivity contribution is 8.14. The van der Waals surface area contributed by atoms with Crippen LogP contribution in [0.25, 0.3) is 0 Å². The zero-order chi connectivity index (χ0) is 14.7. The molecule has 0 unspecified atom stereocenters. The number of nitrogens with one attached hydrogen (secondary N) is 1. The maximum atomic E-state index is 11.9. The van der Waals surface area contributed by atoms with Crippen molar-refractivity contribution in [2.75, 3.05) is 0 Å². The summed E-state index contributed by atoms with van der Waals surface area (Å²) in [6.07, 6.45) is 0.488. The van der Waals surface area contributed by atoms with E-state index in [0.29, 0.717) is 11.6 Å². The number of para-hydroxylation sites is 1. The van der Waals surface area contributed by atoms with Gasteiger partial charge >= 0.3 is 0 Å². The van der Waals surface area contributed by atoms with E-state index in [1.54, 1.807) is 11.8 Å². The summed E-state index contributed by atoms with van der Waals surface area (Å²) in [6, 6.07) is 18.0. The molecular weight excluding hydrogens is 280 g/mol. The molecule has 1 fully saturated rings. The van der Waals surface area contributed by atoms with Gasteiger partial charge in [0.15, 0.2) is 5.17 Å². The van der Waals surface area contributed by atoms with E-state index in [0.717, 1.165) is 16.8 Å². The van der Waals surface area contributed by atoms with Gasteiger partial charge in [0.25, 0.3) is 0 Å². The molecule has 2 aromatic carbocycles. The first-order chi connectivity index (χ1) is 10.2. The predicted molar refractivity (Wildman–Crippen MR) is 87.8 cm³/mol. The van der Waals surface area contributed by atoms with Gasteiger partial charge in [-0.05, 0) is 24.1 Å². The molecule has 0 bridgehead atoms. The summed E-state index contributed by atoms with van der Waals surface area (Å²) < 4.78 is 0. The molecule has 1 saturated heterocycles. The molecular formula is C17H16N2OS. The molecule has 1 aliphatic heterocycles. The quantitative estimate of drug-likeness (QED) is 0.911. The fourth-order valence-electron chi connectivity index (χ4n) is 2.25. The Labute approximate surface area is 128 Å². The summed E-state index contributed by atoms with van der Waals surface area (Å²) in [6.45, 7) is 2.02. The molecule has 1 aliphatic rings. The number of hydrogen-bond donors (Lipinski definition) is 1. The van der Waals surface area contributed by atoms with Crippen LogP contribution in [0, 0.1) is 6.92 Å². The summed E-state index contributed by atoms with van der Waals surface area (Å²) >= 11 is 1.61. The van der Waals surface area contributed by atoms with E-state index in [2.05, 4.69) is 22.4 Å². The molecule has 0 spiro atoms. The number of amides is 1. The molecule has 3 rings (SSSR count). The number of aryl methyl sites for hydroxylation is 1. The number of rotatable bonds is 2. The lowest BCUT2D eigenvalue weighted by molar-refractivity contribution is -0.119. The number of aliphatic imine (C=N–C) groups is 1. The Morgan fingerprint density at radius 2 is 1.81 bits per heavy atom. The van der Waals surface area contributed by atoms with Gasteiger partial charge < -0.3 is 5.32 Å². The van der Waals surface area contributed by atoms with Crippen molar-refractivity contribution in [2.45, 2.75) is 18.6 Å².